The van der Waals surface area contributed by atoms with E-state index in [9.17, 15) is 4.79 Å². The van der Waals surface area contributed by atoms with Crippen LogP contribution in [0, 0.1) is 0 Å². The molecule has 0 aromatic rings. The van der Waals surface area contributed by atoms with E-state index in [2.05, 4.69) is 22.6 Å². The topological polar surface area (TPSA) is 128 Å². The summed E-state index contributed by atoms with van der Waals surface area (Å²) in [5, 5.41) is 0. The van der Waals surface area contributed by atoms with Crippen LogP contribution in [-0.2, 0) is 61.6 Å². The SMILES string of the molecule is CC(C)(C)OC(=O)CCOCCOCCOCCOCCOCCOCCOCCOCCOCCOCCOCCCCCCI. The molecule has 0 saturated heterocycles. The second kappa shape index (κ2) is 38.6. The monoisotopic (exact) mass is 796 g/mol. The molecule has 13 nitrogen and oxygen atoms in total. The molecule has 0 N–H and O–H groups in total. The fourth-order valence-corrected chi connectivity index (χ4v) is 4.04. The Morgan fingerprint density at radius 2 is 0.638 bits per heavy atom. The van der Waals surface area contributed by atoms with Gasteiger partial charge in [0.2, 0.25) is 0 Å². The number of carbonyl (C=O) groups excluding carboxylic acids is 1. The van der Waals surface area contributed by atoms with Gasteiger partial charge in [-0.1, -0.05) is 35.4 Å². The number of hydrogen-bond donors (Lipinski definition) is 0. The summed E-state index contributed by atoms with van der Waals surface area (Å²) >= 11 is 2.42. The highest BCUT2D eigenvalue weighted by atomic mass is 127. The van der Waals surface area contributed by atoms with Gasteiger partial charge >= 0.3 is 5.97 Å². The Balaban J connectivity index is 3.09. The van der Waals surface area contributed by atoms with Gasteiger partial charge in [0.15, 0.2) is 0 Å². The number of alkyl halides is 1. The van der Waals surface area contributed by atoms with Crippen LogP contribution in [0.1, 0.15) is 52.9 Å². The summed E-state index contributed by atoms with van der Waals surface area (Å²) in [6.07, 6.45) is 5.20. The van der Waals surface area contributed by atoms with Gasteiger partial charge in [0.25, 0.3) is 0 Å². The van der Waals surface area contributed by atoms with Crippen LogP contribution in [-0.4, -0.2) is 161 Å². The number of unbranched alkanes of at least 4 members (excludes halogenated alkanes) is 3. The average molecular weight is 797 g/mol. The predicted octanol–water partition coefficient (Wildman–Crippen LogP) is 3.90. The van der Waals surface area contributed by atoms with Crippen molar-refractivity contribution in [3.63, 3.8) is 0 Å². The maximum Gasteiger partial charge on any atom is 0.308 e. The van der Waals surface area contributed by atoms with E-state index in [1.165, 1.54) is 23.7 Å². The van der Waals surface area contributed by atoms with Crippen molar-refractivity contribution in [2.45, 2.75) is 58.5 Å². The lowest BCUT2D eigenvalue weighted by Gasteiger charge is -2.19. The molecule has 0 aliphatic rings. The van der Waals surface area contributed by atoms with Crippen molar-refractivity contribution in [3.05, 3.63) is 0 Å². The number of rotatable bonds is 39. The summed E-state index contributed by atoms with van der Waals surface area (Å²) in [5.41, 5.74) is -0.472. The zero-order valence-electron chi connectivity index (χ0n) is 29.5. The van der Waals surface area contributed by atoms with Crippen LogP contribution in [0.4, 0.5) is 0 Å². The highest BCUT2D eigenvalue weighted by Gasteiger charge is 2.15. The first-order valence-electron chi connectivity index (χ1n) is 17.1. The smallest absolute Gasteiger partial charge is 0.308 e. The van der Waals surface area contributed by atoms with Gasteiger partial charge in [0.1, 0.15) is 5.60 Å². The van der Waals surface area contributed by atoms with Crippen LogP contribution in [0.5, 0.6) is 0 Å². The van der Waals surface area contributed by atoms with Gasteiger partial charge in [0.05, 0.1) is 145 Å². The molecule has 0 rings (SSSR count). The summed E-state index contributed by atoms with van der Waals surface area (Å²) in [6.45, 7) is 16.9. The maximum atomic E-state index is 11.6. The van der Waals surface area contributed by atoms with Crippen LogP contribution in [0.15, 0.2) is 0 Å². The van der Waals surface area contributed by atoms with Gasteiger partial charge in [-0.05, 0) is 38.0 Å². The molecule has 0 aliphatic carbocycles. The highest BCUT2D eigenvalue weighted by molar-refractivity contribution is 14.1. The highest BCUT2D eigenvalue weighted by Crippen LogP contribution is 2.08. The number of halogens is 1. The molecule has 0 heterocycles. The molecule has 0 bridgehead atoms. The van der Waals surface area contributed by atoms with E-state index >= 15 is 0 Å². The van der Waals surface area contributed by atoms with Crippen molar-refractivity contribution in [1.82, 2.24) is 0 Å². The van der Waals surface area contributed by atoms with Crippen LogP contribution >= 0.6 is 22.6 Å². The minimum Gasteiger partial charge on any atom is -0.460 e. The van der Waals surface area contributed by atoms with Crippen molar-refractivity contribution < 1.29 is 61.6 Å². The largest absolute Gasteiger partial charge is 0.460 e. The van der Waals surface area contributed by atoms with Gasteiger partial charge in [-0.25, -0.2) is 0 Å². The van der Waals surface area contributed by atoms with Crippen molar-refractivity contribution in [1.29, 1.82) is 0 Å². The van der Waals surface area contributed by atoms with E-state index in [0.717, 1.165) is 13.0 Å². The molecule has 0 aromatic carbocycles. The number of ether oxygens (including phenoxy) is 12. The van der Waals surface area contributed by atoms with E-state index in [-0.39, 0.29) is 12.4 Å². The third kappa shape index (κ3) is 43.7. The standard InChI is InChI=1S/C33H65IO13/c1-33(2,3)47-32(35)8-11-37-13-15-39-17-19-41-21-23-43-25-27-45-29-31-46-30-28-44-26-24-42-22-20-40-18-16-38-14-12-36-10-7-5-4-6-9-34/h4-31H2,1-3H3. The number of esters is 1. The second-order valence-electron chi connectivity index (χ2n) is 11.2. The van der Waals surface area contributed by atoms with Crippen molar-refractivity contribution in [3.8, 4) is 0 Å². The quantitative estimate of drug-likeness (QED) is 0.0387. The molecule has 0 aliphatic heterocycles. The summed E-state index contributed by atoms with van der Waals surface area (Å²) < 4.78 is 66.6. The first-order valence-corrected chi connectivity index (χ1v) is 18.6. The number of hydrogen-bond acceptors (Lipinski definition) is 13. The number of carbonyl (C=O) groups is 1. The van der Waals surface area contributed by atoms with Gasteiger partial charge in [-0.2, -0.15) is 0 Å². The van der Waals surface area contributed by atoms with E-state index in [4.69, 9.17) is 56.8 Å². The normalized spacial score (nSPS) is 11.8. The Hall–Kier alpha value is -0.240. The minimum absolute atomic E-state index is 0.234. The molecule has 14 heteroatoms. The molecule has 0 atom stereocenters. The molecule has 0 spiro atoms. The van der Waals surface area contributed by atoms with Crippen molar-refractivity contribution in [2.24, 2.45) is 0 Å². The van der Waals surface area contributed by atoms with Gasteiger partial charge < -0.3 is 56.8 Å². The first kappa shape index (κ1) is 46.8. The zero-order valence-corrected chi connectivity index (χ0v) is 31.6. The molecule has 47 heavy (non-hydrogen) atoms. The Morgan fingerprint density at radius 1 is 0.383 bits per heavy atom. The third-order valence-electron chi connectivity index (χ3n) is 5.76. The third-order valence-corrected chi connectivity index (χ3v) is 6.53. The molecule has 0 aromatic heterocycles. The minimum atomic E-state index is -0.472. The molecular weight excluding hydrogens is 731 g/mol. The van der Waals surface area contributed by atoms with E-state index in [1.54, 1.807) is 0 Å². The fraction of sp³-hybridized carbons (Fsp3) is 0.970. The van der Waals surface area contributed by atoms with Gasteiger partial charge in [-0.3, -0.25) is 4.79 Å². The molecule has 0 radical (unpaired) electrons. The Kier molecular flexibility index (Phi) is 38.4. The summed E-state index contributed by atoms with van der Waals surface area (Å²) in [5.74, 6) is -0.263. The van der Waals surface area contributed by atoms with Crippen molar-refractivity contribution >= 4 is 28.6 Å². The lowest BCUT2D eigenvalue weighted by Crippen LogP contribution is -2.24. The van der Waals surface area contributed by atoms with E-state index in [1.807, 2.05) is 20.8 Å². The summed E-state index contributed by atoms with van der Waals surface area (Å²) in [6, 6.07) is 0. The Bertz CT molecular complexity index is 626. The van der Waals surface area contributed by atoms with Crippen LogP contribution in [0.25, 0.3) is 0 Å². The molecule has 0 saturated carbocycles. The summed E-state index contributed by atoms with van der Waals surface area (Å²) in [7, 11) is 0. The Morgan fingerprint density at radius 3 is 0.915 bits per heavy atom. The van der Waals surface area contributed by atoms with Crippen LogP contribution < -0.4 is 0 Å². The fourth-order valence-electron chi connectivity index (χ4n) is 3.50. The van der Waals surface area contributed by atoms with Gasteiger partial charge in [0, 0.05) is 6.61 Å². The molecule has 0 unspecified atom stereocenters. The molecule has 0 amide bonds. The lowest BCUT2D eigenvalue weighted by atomic mass is 10.2. The van der Waals surface area contributed by atoms with E-state index in [0.29, 0.717) is 139 Å². The van der Waals surface area contributed by atoms with Crippen LogP contribution in [0.2, 0.25) is 0 Å². The average Bonchev–Trinajstić information content (AvgIpc) is 3.03. The van der Waals surface area contributed by atoms with Gasteiger partial charge in [-0.15, -0.1) is 0 Å². The maximum absolute atomic E-state index is 11.6. The van der Waals surface area contributed by atoms with Crippen LogP contribution in [0.3, 0.4) is 0 Å². The summed E-state index contributed by atoms with van der Waals surface area (Å²) in [4.78, 5) is 11.6. The molecular formula is C33H65IO13. The lowest BCUT2D eigenvalue weighted by molar-refractivity contribution is -0.156. The van der Waals surface area contributed by atoms with E-state index < -0.39 is 5.60 Å². The molecule has 282 valence electrons. The zero-order chi connectivity index (χ0) is 34.4. The Labute approximate surface area is 297 Å². The predicted molar refractivity (Wildman–Crippen MR) is 187 cm³/mol. The molecule has 0 fully saturated rings. The first-order chi connectivity index (χ1) is 23.0. The van der Waals surface area contributed by atoms with Crippen molar-refractivity contribution in [2.75, 3.05) is 150 Å². The second-order valence-corrected chi connectivity index (χ2v) is 12.3.